The molecule has 1 N–H and O–H groups in total. The second kappa shape index (κ2) is 8.33. The van der Waals surface area contributed by atoms with Gasteiger partial charge < -0.3 is 10.1 Å². The molecule has 0 saturated carbocycles. The Kier molecular flexibility index (Phi) is 6.16. The predicted octanol–water partition coefficient (Wildman–Crippen LogP) is 5.39. The van der Waals surface area contributed by atoms with Gasteiger partial charge in [0.05, 0.1) is 11.7 Å². The van der Waals surface area contributed by atoms with Crippen molar-refractivity contribution in [1.82, 2.24) is 0 Å². The first-order chi connectivity index (χ1) is 14.0. The Morgan fingerprint density at radius 1 is 1.00 bits per heavy atom. The molecule has 0 bridgehead atoms. The molecule has 2 aromatic rings. The van der Waals surface area contributed by atoms with Gasteiger partial charge in [-0.05, 0) is 44.6 Å². The van der Waals surface area contributed by atoms with Crippen LogP contribution in [0, 0.1) is 35.0 Å². The Morgan fingerprint density at radius 2 is 1.57 bits per heavy atom. The second-order valence-corrected chi connectivity index (χ2v) is 8.51. The van der Waals surface area contributed by atoms with Gasteiger partial charge in [-0.25, -0.2) is 26.7 Å². The fraction of sp³-hybridized carbons (Fsp3) is 0.400. The number of fused-ring (bicyclic) bond motifs is 1. The molecule has 1 atom stereocenters. The van der Waals surface area contributed by atoms with Crippen LogP contribution in [0.25, 0.3) is 0 Å². The number of rotatable bonds is 4. The number of ether oxygens (including phenoxy) is 1. The van der Waals surface area contributed by atoms with E-state index in [9.17, 15) is 31.5 Å². The predicted molar refractivity (Wildman–Crippen MR) is 100 cm³/mol. The molecule has 162 valence electrons. The van der Waals surface area contributed by atoms with Crippen LogP contribution in [0.3, 0.4) is 0 Å². The maximum atomic E-state index is 14.0. The molecule has 1 heterocycles. The van der Waals surface area contributed by atoms with Crippen LogP contribution in [0.4, 0.5) is 27.0 Å². The molecule has 1 aromatic carbocycles. The Labute approximate surface area is 173 Å². The van der Waals surface area contributed by atoms with Crippen LogP contribution in [0.2, 0.25) is 0 Å². The summed E-state index contributed by atoms with van der Waals surface area (Å²) in [7, 11) is 0. The lowest BCUT2D eigenvalue weighted by Gasteiger charge is -2.19. The van der Waals surface area contributed by atoms with Gasteiger partial charge in [-0.3, -0.25) is 4.79 Å². The number of benzene rings is 1. The SMILES string of the molecule is CC(C)OC(=O)c1c(NC(=O)c2c(F)c(F)c(F)c(F)c2F)sc2c1CC[C@@H](C)C2. The van der Waals surface area contributed by atoms with Crippen LogP contribution < -0.4 is 5.32 Å². The molecular weight excluding hydrogens is 429 g/mol. The van der Waals surface area contributed by atoms with Crippen molar-refractivity contribution in [3.63, 3.8) is 0 Å². The number of anilines is 1. The average Bonchev–Trinajstić information content (AvgIpc) is 3.01. The molecule has 1 aliphatic rings. The highest BCUT2D eigenvalue weighted by molar-refractivity contribution is 7.17. The van der Waals surface area contributed by atoms with Gasteiger partial charge in [-0.2, -0.15) is 0 Å². The van der Waals surface area contributed by atoms with Crippen molar-refractivity contribution in [2.45, 2.75) is 46.1 Å². The number of carbonyl (C=O) groups is 2. The second-order valence-electron chi connectivity index (χ2n) is 7.41. The summed E-state index contributed by atoms with van der Waals surface area (Å²) in [4.78, 5) is 25.9. The fourth-order valence-corrected chi connectivity index (χ4v) is 4.69. The van der Waals surface area contributed by atoms with E-state index >= 15 is 0 Å². The van der Waals surface area contributed by atoms with Crippen molar-refractivity contribution in [3.8, 4) is 0 Å². The van der Waals surface area contributed by atoms with Crippen LogP contribution in [0.1, 0.15) is 58.3 Å². The third-order valence-electron chi connectivity index (χ3n) is 4.72. The zero-order chi connectivity index (χ0) is 22.3. The van der Waals surface area contributed by atoms with E-state index in [2.05, 4.69) is 5.32 Å². The number of nitrogens with one attached hydrogen (secondary N) is 1. The maximum Gasteiger partial charge on any atom is 0.341 e. The van der Waals surface area contributed by atoms with Gasteiger partial charge in [0, 0.05) is 4.88 Å². The number of esters is 1. The van der Waals surface area contributed by atoms with E-state index in [1.807, 2.05) is 6.92 Å². The largest absolute Gasteiger partial charge is 0.459 e. The van der Waals surface area contributed by atoms with E-state index in [0.29, 0.717) is 24.3 Å². The Balaban J connectivity index is 2.05. The minimum atomic E-state index is -2.36. The van der Waals surface area contributed by atoms with Crippen molar-refractivity contribution in [2.75, 3.05) is 5.32 Å². The molecule has 4 nitrogen and oxygen atoms in total. The number of halogens is 5. The molecule has 0 saturated heterocycles. The first kappa shape index (κ1) is 22.2. The lowest BCUT2D eigenvalue weighted by atomic mass is 9.88. The monoisotopic (exact) mass is 447 g/mol. The molecule has 0 aliphatic heterocycles. The van der Waals surface area contributed by atoms with Crippen molar-refractivity contribution in [3.05, 3.63) is 50.7 Å². The van der Waals surface area contributed by atoms with E-state index in [0.717, 1.165) is 22.6 Å². The van der Waals surface area contributed by atoms with E-state index in [4.69, 9.17) is 4.74 Å². The standard InChI is InChI=1S/C20H18F5NO3S/c1-7(2)29-20(28)11-9-5-4-8(3)6-10(9)30-19(11)26-18(27)12-13(21)15(23)17(25)16(24)14(12)22/h7-8H,4-6H2,1-3H3,(H,26,27)/t8-/m1/s1. The van der Waals surface area contributed by atoms with Crippen LogP contribution in [0.5, 0.6) is 0 Å². The molecule has 30 heavy (non-hydrogen) atoms. The first-order valence-electron chi connectivity index (χ1n) is 9.21. The molecule has 0 radical (unpaired) electrons. The average molecular weight is 447 g/mol. The van der Waals surface area contributed by atoms with Crippen molar-refractivity contribution < 1.29 is 36.3 Å². The van der Waals surface area contributed by atoms with E-state index in [1.165, 1.54) is 0 Å². The molecule has 1 amide bonds. The van der Waals surface area contributed by atoms with Crippen molar-refractivity contribution in [2.24, 2.45) is 5.92 Å². The van der Waals surface area contributed by atoms with E-state index in [-0.39, 0.29) is 10.6 Å². The van der Waals surface area contributed by atoms with Gasteiger partial charge in [-0.1, -0.05) is 6.92 Å². The molecule has 0 fully saturated rings. The highest BCUT2D eigenvalue weighted by Gasteiger charge is 2.33. The molecule has 0 unspecified atom stereocenters. The minimum Gasteiger partial charge on any atom is -0.459 e. The van der Waals surface area contributed by atoms with E-state index < -0.39 is 52.6 Å². The van der Waals surface area contributed by atoms with E-state index in [1.54, 1.807) is 13.8 Å². The van der Waals surface area contributed by atoms with Crippen molar-refractivity contribution >= 4 is 28.2 Å². The van der Waals surface area contributed by atoms with Crippen LogP contribution in [-0.2, 0) is 17.6 Å². The Bertz CT molecular complexity index is 1010. The summed E-state index contributed by atoms with van der Waals surface area (Å²) < 4.78 is 73.4. The number of amides is 1. The van der Waals surface area contributed by atoms with Crippen LogP contribution in [0.15, 0.2) is 0 Å². The van der Waals surface area contributed by atoms with Crippen molar-refractivity contribution in [1.29, 1.82) is 0 Å². The van der Waals surface area contributed by atoms with Gasteiger partial charge in [-0.15, -0.1) is 11.3 Å². The summed E-state index contributed by atoms with van der Waals surface area (Å²) in [5, 5.41) is 2.10. The van der Waals surface area contributed by atoms with Crippen LogP contribution >= 0.6 is 11.3 Å². The maximum absolute atomic E-state index is 14.0. The Hall–Kier alpha value is -2.49. The Morgan fingerprint density at radius 3 is 2.13 bits per heavy atom. The van der Waals surface area contributed by atoms with Gasteiger partial charge in [0.25, 0.3) is 5.91 Å². The summed E-state index contributed by atoms with van der Waals surface area (Å²) >= 11 is 1.03. The summed E-state index contributed by atoms with van der Waals surface area (Å²) in [5.41, 5.74) is -0.904. The normalized spacial score (nSPS) is 15.8. The molecule has 1 aromatic heterocycles. The topological polar surface area (TPSA) is 55.4 Å². The molecule has 0 spiro atoms. The molecule has 3 rings (SSSR count). The van der Waals surface area contributed by atoms with Crippen LogP contribution in [-0.4, -0.2) is 18.0 Å². The third kappa shape index (κ3) is 3.92. The zero-order valence-corrected chi connectivity index (χ0v) is 17.1. The summed E-state index contributed by atoms with van der Waals surface area (Å²) in [6, 6.07) is 0. The first-order valence-corrected chi connectivity index (χ1v) is 10.0. The van der Waals surface area contributed by atoms with Gasteiger partial charge in [0.1, 0.15) is 10.6 Å². The smallest absolute Gasteiger partial charge is 0.341 e. The third-order valence-corrected chi connectivity index (χ3v) is 5.89. The van der Waals surface area contributed by atoms with Gasteiger partial charge in [0.2, 0.25) is 5.82 Å². The lowest BCUT2D eigenvalue weighted by molar-refractivity contribution is 0.0378. The fourth-order valence-electron chi connectivity index (χ4n) is 3.30. The van der Waals surface area contributed by atoms with Gasteiger partial charge in [0.15, 0.2) is 23.3 Å². The highest BCUT2D eigenvalue weighted by Crippen LogP contribution is 2.40. The zero-order valence-electron chi connectivity index (χ0n) is 16.3. The number of hydrogen-bond donors (Lipinski definition) is 1. The molecule has 10 heteroatoms. The summed E-state index contributed by atoms with van der Waals surface area (Å²) in [5.74, 6) is -13.3. The summed E-state index contributed by atoms with van der Waals surface area (Å²) in [6.45, 7) is 5.28. The number of thiophene rings is 1. The minimum absolute atomic E-state index is 0.0475. The highest BCUT2D eigenvalue weighted by atomic mass is 32.1. The molecule has 1 aliphatic carbocycles. The summed E-state index contributed by atoms with van der Waals surface area (Å²) in [6.07, 6.45) is 1.49. The van der Waals surface area contributed by atoms with Gasteiger partial charge >= 0.3 is 5.97 Å². The number of carbonyl (C=O) groups excluding carboxylic acids is 2. The lowest BCUT2D eigenvalue weighted by Crippen LogP contribution is -2.21. The quantitative estimate of drug-likeness (QED) is 0.296. The molecular formula is C20H18F5NO3S. The number of hydrogen-bond acceptors (Lipinski definition) is 4.